The zero-order valence-electron chi connectivity index (χ0n) is 17.3. The smallest absolute Gasteiger partial charge is 0.225 e. The summed E-state index contributed by atoms with van der Waals surface area (Å²) in [5, 5.41) is 0. The van der Waals surface area contributed by atoms with E-state index in [-0.39, 0.29) is 5.82 Å². The summed E-state index contributed by atoms with van der Waals surface area (Å²) in [7, 11) is 0. The lowest BCUT2D eigenvalue weighted by Gasteiger charge is -2.27. The van der Waals surface area contributed by atoms with Gasteiger partial charge < -0.3 is 9.47 Å². The monoisotopic (exact) mass is 408 g/mol. The first kappa shape index (κ1) is 20.5. The zero-order valence-corrected chi connectivity index (χ0v) is 17.3. The molecule has 30 heavy (non-hydrogen) atoms. The summed E-state index contributed by atoms with van der Waals surface area (Å²) in [6.07, 6.45) is 14.3. The van der Waals surface area contributed by atoms with Crippen LogP contribution in [0, 0.1) is 5.82 Å². The highest BCUT2D eigenvalue weighted by Crippen LogP contribution is 2.16. The molecule has 1 aliphatic heterocycles. The molecule has 0 saturated carbocycles. The maximum atomic E-state index is 13.3. The summed E-state index contributed by atoms with van der Waals surface area (Å²) in [6.45, 7) is 5.46. The van der Waals surface area contributed by atoms with Gasteiger partial charge in [0.25, 0.3) is 0 Å². The molecular weight excluding hydrogens is 379 g/mol. The highest BCUT2D eigenvalue weighted by Gasteiger charge is 2.14. The topological polar surface area (TPSA) is 50.1 Å². The van der Waals surface area contributed by atoms with Crippen molar-refractivity contribution >= 4 is 5.95 Å². The van der Waals surface area contributed by atoms with Gasteiger partial charge in [-0.1, -0.05) is 12.1 Å². The van der Waals surface area contributed by atoms with Crippen molar-refractivity contribution in [2.24, 2.45) is 0 Å². The van der Waals surface area contributed by atoms with E-state index in [0.717, 1.165) is 62.8 Å². The van der Waals surface area contributed by atoms with Crippen LogP contribution < -0.4 is 4.90 Å². The quantitative estimate of drug-likeness (QED) is 0.538. The minimum atomic E-state index is -0.202. The van der Waals surface area contributed by atoms with Crippen molar-refractivity contribution in [1.29, 1.82) is 0 Å². The molecule has 3 heterocycles. The fourth-order valence-electron chi connectivity index (χ4n) is 3.90. The molecule has 4 rings (SSSR count). The van der Waals surface area contributed by atoms with Crippen LogP contribution >= 0.6 is 0 Å². The van der Waals surface area contributed by atoms with E-state index in [0.29, 0.717) is 0 Å². The van der Waals surface area contributed by atoms with Crippen LogP contribution in [-0.4, -0.2) is 44.1 Å². The number of aryl methyl sites for hydroxylation is 1. The van der Waals surface area contributed by atoms with Crippen LogP contribution in [0.1, 0.15) is 36.8 Å². The number of benzene rings is 1. The van der Waals surface area contributed by atoms with E-state index < -0.39 is 0 Å². The summed E-state index contributed by atoms with van der Waals surface area (Å²) < 4.78 is 15.4. The molecule has 1 saturated heterocycles. The van der Waals surface area contributed by atoms with E-state index >= 15 is 0 Å². The van der Waals surface area contributed by atoms with Crippen LogP contribution in [-0.2, 0) is 19.6 Å². The van der Waals surface area contributed by atoms with Gasteiger partial charge in [0.2, 0.25) is 5.95 Å². The number of imidazole rings is 1. The summed E-state index contributed by atoms with van der Waals surface area (Å²) >= 11 is 0. The number of nitrogens with zero attached hydrogens (tertiary/aromatic N) is 6. The molecule has 0 unspecified atom stereocenters. The van der Waals surface area contributed by atoms with E-state index in [1.165, 1.54) is 31.4 Å². The molecular formula is C23H29FN6. The minimum absolute atomic E-state index is 0.202. The lowest BCUT2D eigenvalue weighted by atomic mass is 10.1. The van der Waals surface area contributed by atoms with Crippen LogP contribution in [0.5, 0.6) is 0 Å². The third kappa shape index (κ3) is 5.86. The Morgan fingerprint density at radius 3 is 2.37 bits per heavy atom. The normalized spacial score (nSPS) is 14.4. The Morgan fingerprint density at radius 1 is 0.933 bits per heavy atom. The third-order valence-electron chi connectivity index (χ3n) is 5.51. The van der Waals surface area contributed by atoms with Gasteiger partial charge in [-0.2, -0.15) is 0 Å². The maximum Gasteiger partial charge on any atom is 0.225 e. The average Bonchev–Trinajstić information content (AvgIpc) is 3.30. The fraction of sp³-hybridized carbons (Fsp3) is 0.435. The van der Waals surface area contributed by atoms with Gasteiger partial charge in [0.05, 0.1) is 6.33 Å². The van der Waals surface area contributed by atoms with Crippen LogP contribution in [0.3, 0.4) is 0 Å². The Labute approximate surface area is 177 Å². The molecule has 1 aromatic carbocycles. The fourth-order valence-corrected chi connectivity index (χ4v) is 3.90. The Morgan fingerprint density at radius 2 is 1.67 bits per heavy atom. The van der Waals surface area contributed by atoms with Gasteiger partial charge in [-0.3, -0.25) is 4.90 Å². The lowest BCUT2D eigenvalue weighted by molar-refractivity contribution is 0.248. The molecule has 7 heteroatoms. The molecule has 158 valence electrons. The van der Waals surface area contributed by atoms with Gasteiger partial charge in [0, 0.05) is 69.6 Å². The minimum Gasteiger partial charge on any atom is -0.341 e. The molecule has 2 aromatic heterocycles. The molecule has 0 N–H and O–H groups in total. The molecule has 0 atom stereocenters. The molecule has 0 amide bonds. The number of hydrogen-bond acceptors (Lipinski definition) is 5. The molecule has 0 bridgehead atoms. The van der Waals surface area contributed by atoms with Crippen molar-refractivity contribution in [3.63, 3.8) is 0 Å². The largest absolute Gasteiger partial charge is 0.341 e. The number of halogens is 1. The molecule has 3 aromatic rings. The van der Waals surface area contributed by atoms with Crippen LogP contribution in [0.2, 0.25) is 0 Å². The molecule has 6 nitrogen and oxygen atoms in total. The number of piperidine rings is 1. The maximum absolute atomic E-state index is 13.3. The van der Waals surface area contributed by atoms with Gasteiger partial charge >= 0.3 is 0 Å². The lowest BCUT2D eigenvalue weighted by Crippen LogP contribution is -2.31. The highest BCUT2D eigenvalue weighted by molar-refractivity contribution is 5.30. The van der Waals surface area contributed by atoms with Gasteiger partial charge in [-0.15, -0.1) is 0 Å². The third-order valence-corrected chi connectivity index (χ3v) is 5.51. The van der Waals surface area contributed by atoms with Crippen LogP contribution in [0.25, 0.3) is 0 Å². The summed E-state index contributed by atoms with van der Waals surface area (Å²) in [5.74, 6) is 0.635. The van der Waals surface area contributed by atoms with Gasteiger partial charge in [-0.25, -0.2) is 19.3 Å². The number of rotatable bonds is 9. The Balaban J connectivity index is 1.39. The number of aromatic nitrogens is 4. The van der Waals surface area contributed by atoms with E-state index in [9.17, 15) is 4.39 Å². The SMILES string of the molecule is Fc1ccc(CN(CCCn2ccnc2)Cc2cnc(N3CCCCC3)nc2)cc1. The van der Waals surface area contributed by atoms with E-state index in [4.69, 9.17) is 0 Å². The van der Waals surface area contributed by atoms with Crippen LogP contribution in [0.4, 0.5) is 10.3 Å². The van der Waals surface area contributed by atoms with E-state index in [2.05, 4.69) is 29.3 Å². The second-order valence-electron chi connectivity index (χ2n) is 7.93. The Bertz CT molecular complexity index is 873. The number of anilines is 1. The van der Waals surface area contributed by atoms with Crippen molar-refractivity contribution in [1.82, 2.24) is 24.4 Å². The standard InChI is InChI=1S/C23H29FN6/c24-22-7-5-20(6-8-22)17-29(11-4-10-28-14-9-25-19-28)18-21-15-26-23(27-16-21)30-12-2-1-3-13-30/h5-9,14-16,19H,1-4,10-13,17-18H2. The van der Waals surface area contributed by atoms with Crippen molar-refractivity contribution < 1.29 is 4.39 Å². The molecule has 0 aliphatic carbocycles. The van der Waals surface area contributed by atoms with E-state index in [1.807, 2.05) is 37.1 Å². The van der Waals surface area contributed by atoms with Crippen molar-refractivity contribution in [2.75, 3.05) is 24.5 Å². The zero-order chi connectivity index (χ0) is 20.6. The summed E-state index contributed by atoms with van der Waals surface area (Å²) in [4.78, 5) is 18.0. The molecule has 1 aliphatic rings. The van der Waals surface area contributed by atoms with Gasteiger partial charge in [-0.05, 0) is 43.4 Å². The summed E-state index contributed by atoms with van der Waals surface area (Å²) in [5.41, 5.74) is 2.20. The van der Waals surface area contributed by atoms with Crippen molar-refractivity contribution in [3.05, 3.63) is 72.3 Å². The molecule has 0 spiro atoms. The summed E-state index contributed by atoms with van der Waals surface area (Å²) in [6, 6.07) is 6.76. The Hall–Kier alpha value is -2.80. The second-order valence-corrected chi connectivity index (χ2v) is 7.93. The first-order valence-electron chi connectivity index (χ1n) is 10.7. The first-order valence-corrected chi connectivity index (χ1v) is 10.7. The predicted octanol–water partition coefficient (Wildman–Crippen LogP) is 3.90. The van der Waals surface area contributed by atoms with E-state index in [1.54, 1.807) is 6.20 Å². The van der Waals surface area contributed by atoms with Crippen LogP contribution in [0.15, 0.2) is 55.4 Å². The van der Waals surface area contributed by atoms with Crippen molar-refractivity contribution in [3.8, 4) is 0 Å². The first-order chi connectivity index (χ1) is 14.8. The average molecular weight is 409 g/mol. The Kier molecular flexibility index (Phi) is 7.03. The molecule has 1 fully saturated rings. The van der Waals surface area contributed by atoms with Gasteiger partial charge in [0.1, 0.15) is 5.82 Å². The van der Waals surface area contributed by atoms with Gasteiger partial charge in [0.15, 0.2) is 0 Å². The molecule has 0 radical (unpaired) electrons. The van der Waals surface area contributed by atoms with Crippen molar-refractivity contribution in [2.45, 2.75) is 45.3 Å². The second kappa shape index (κ2) is 10.3. The highest BCUT2D eigenvalue weighted by atomic mass is 19.1. The number of hydrogen-bond donors (Lipinski definition) is 0. The predicted molar refractivity (Wildman–Crippen MR) is 115 cm³/mol.